The maximum atomic E-state index is 5.95. The minimum Gasteiger partial charge on any atom is -0.381 e. The summed E-state index contributed by atoms with van der Waals surface area (Å²) in [6.07, 6.45) is 4.33. The SMILES string of the molecule is CO[C@@H]1CC[C@@H]2OCCN(CCSC(C)(C)C)[C@@H]2C1. The molecule has 1 aliphatic heterocycles. The third kappa shape index (κ3) is 4.62. The minimum atomic E-state index is 0.368. The number of morpholine rings is 1. The molecule has 0 spiro atoms. The molecule has 1 aliphatic carbocycles. The average molecular weight is 287 g/mol. The molecule has 1 heterocycles. The molecule has 0 unspecified atom stereocenters. The van der Waals surface area contributed by atoms with Gasteiger partial charge in [0.25, 0.3) is 0 Å². The van der Waals surface area contributed by atoms with Crippen molar-refractivity contribution in [2.75, 3.05) is 32.6 Å². The van der Waals surface area contributed by atoms with Gasteiger partial charge < -0.3 is 9.47 Å². The van der Waals surface area contributed by atoms with Gasteiger partial charge in [0.15, 0.2) is 0 Å². The molecule has 3 nitrogen and oxygen atoms in total. The average Bonchev–Trinajstić information content (AvgIpc) is 2.37. The first-order chi connectivity index (χ1) is 8.99. The summed E-state index contributed by atoms with van der Waals surface area (Å²) in [5.41, 5.74) is 0. The van der Waals surface area contributed by atoms with E-state index in [1.165, 1.54) is 12.3 Å². The number of hydrogen-bond donors (Lipinski definition) is 0. The summed E-state index contributed by atoms with van der Waals surface area (Å²) < 4.78 is 11.9. The van der Waals surface area contributed by atoms with Gasteiger partial charge in [0.2, 0.25) is 0 Å². The van der Waals surface area contributed by atoms with Gasteiger partial charge in [-0.3, -0.25) is 4.90 Å². The van der Waals surface area contributed by atoms with E-state index in [0.29, 0.717) is 23.0 Å². The van der Waals surface area contributed by atoms with E-state index in [0.717, 1.165) is 32.4 Å². The first-order valence-electron chi connectivity index (χ1n) is 7.52. The standard InChI is InChI=1S/C15H29NO2S/c1-15(2,3)19-10-8-16-7-9-18-14-6-5-12(17-4)11-13(14)16/h12-14H,5-11H2,1-4H3/t12-,13-,14+/m1/s1. The van der Waals surface area contributed by atoms with E-state index < -0.39 is 0 Å². The van der Waals surface area contributed by atoms with Gasteiger partial charge in [0, 0.05) is 36.7 Å². The van der Waals surface area contributed by atoms with Crippen LogP contribution in [0.4, 0.5) is 0 Å². The molecule has 0 radical (unpaired) electrons. The molecule has 1 saturated carbocycles. The zero-order valence-electron chi connectivity index (χ0n) is 12.9. The number of thioether (sulfide) groups is 1. The fraction of sp³-hybridized carbons (Fsp3) is 1.00. The molecule has 2 fully saturated rings. The molecule has 4 heteroatoms. The minimum absolute atomic E-state index is 0.368. The molecule has 3 atom stereocenters. The molecular formula is C15H29NO2S. The van der Waals surface area contributed by atoms with Crippen molar-refractivity contribution in [2.45, 2.75) is 63.0 Å². The Balaban J connectivity index is 1.84. The van der Waals surface area contributed by atoms with Crippen molar-refractivity contribution in [3.63, 3.8) is 0 Å². The Morgan fingerprint density at radius 1 is 1.32 bits per heavy atom. The molecule has 0 aromatic heterocycles. The molecule has 0 aromatic rings. The predicted octanol–water partition coefficient (Wildman–Crippen LogP) is 2.79. The van der Waals surface area contributed by atoms with Crippen molar-refractivity contribution >= 4 is 11.8 Å². The maximum absolute atomic E-state index is 5.95. The van der Waals surface area contributed by atoms with Crippen LogP contribution in [-0.2, 0) is 9.47 Å². The maximum Gasteiger partial charge on any atom is 0.0732 e. The number of nitrogens with zero attached hydrogens (tertiary/aromatic N) is 1. The topological polar surface area (TPSA) is 21.7 Å². The van der Waals surface area contributed by atoms with Crippen LogP contribution in [0.3, 0.4) is 0 Å². The normalized spacial score (nSPS) is 33.2. The zero-order chi connectivity index (χ0) is 13.9. The van der Waals surface area contributed by atoms with E-state index in [1.807, 2.05) is 7.11 Å². The van der Waals surface area contributed by atoms with E-state index in [9.17, 15) is 0 Å². The van der Waals surface area contributed by atoms with Crippen LogP contribution in [0.1, 0.15) is 40.0 Å². The highest BCUT2D eigenvalue weighted by molar-refractivity contribution is 8.00. The monoisotopic (exact) mass is 287 g/mol. The third-order valence-corrected chi connectivity index (χ3v) is 5.39. The summed E-state index contributed by atoms with van der Waals surface area (Å²) in [6.45, 7) is 10.0. The second-order valence-electron chi connectivity index (χ2n) is 6.64. The molecule has 0 N–H and O–H groups in total. The summed E-state index contributed by atoms with van der Waals surface area (Å²) in [5, 5.41) is 0. The van der Waals surface area contributed by atoms with Gasteiger partial charge in [-0.15, -0.1) is 0 Å². The molecule has 19 heavy (non-hydrogen) atoms. The quantitative estimate of drug-likeness (QED) is 0.792. The first kappa shape index (κ1) is 15.6. The lowest BCUT2D eigenvalue weighted by Crippen LogP contribution is -2.55. The number of methoxy groups -OCH3 is 1. The molecule has 0 amide bonds. The Morgan fingerprint density at radius 2 is 2.11 bits per heavy atom. The van der Waals surface area contributed by atoms with Crippen LogP contribution in [0.5, 0.6) is 0 Å². The van der Waals surface area contributed by atoms with Gasteiger partial charge in [0.1, 0.15) is 0 Å². The van der Waals surface area contributed by atoms with Gasteiger partial charge in [-0.05, 0) is 19.3 Å². The molecular weight excluding hydrogens is 258 g/mol. The second-order valence-corrected chi connectivity index (χ2v) is 8.57. The highest BCUT2D eigenvalue weighted by Gasteiger charge is 2.37. The Bertz CT molecular complexity index is 280. The Morgan fingerprint density at radius 3 is 2.79 bits per heavy atom. The predicted molar refractivity (Wildman–Crippen MR) is 82.0 cm³/mol. The summed E-state index contributed by atoms with van der Waals surface area (Å²) in [7, 11) is 1.84. The number of hydrogen-bond acceptors (Lipinski definition) is 4. The highest BCUT2D eigenvalue weighted by atomic mass is 32.2. The van der Waals surface area contributed by atoms with Crippen LogP contribution in [0.25, 0.3) is 0 Å². The smallest absolute Gasteiger partial charge is 0.0732 e. The van der Waals surface area contributed by atoms with E-state index in [2.05, 4.69) is 37.4 Å². The molecule has 2 aliphatic rings. The number of ether oxygens (including phenoxy) is 2. The van der Waals surface area contributed by atoms with E-state index in [1.54, 1.807) is 0 Å². The van der Waals surface area contributed by atoms with Crippen molar-refractivity contribution < 1.29 is 9.47 Å². The first-order valence-corrected chi connectivity index (χ1v) is 8.50. The fourth-order valence-electron chi connectivity index (χ4n) is 3.11. The van der Waals surface area contributed by atoms with Crippen molar-refractivity contribution in [3.8, 4) is 0 Å². The van der Waals surface area contributed by atoms with Gasteiger partial charge >= 0.3 is 0 Å². The van der Waals surface area contributed by atoms with Gasteiger partial charge in [-0.1, -0.05) is 20.8 Å². The molecule has 0 aromatic carbocycles. The zero-order valence-corrected chi connectivity index (χ0v) is 13.7. The summed E-state index contributed by atoms with van der Waals surface area (Å²) >= 11 is 2.06. The van der Waals surface area contributed by atoms with Crippen LogP contribution in [0, 0.1) is 0 Å². The Hall–Kier alpha value is 0.230. The third-order valence-electron chi connectivity index (χ3n) is 4.13. The van der Waals surface area contributed by atoms with Crippen LogP contribution < -0.4 is 0 Å². The summed E-state index contributed by atoms with van der Waals surface area (Å²) in [4.78, 5) is 2.64. The van der Waals surface area contributed by atoms with Gasteiger partial charge in [-0.2, -0.15) is 11.8 Å². The van der Waals surface area contributed by atoms with Crippen molar-refractivity contribution in [2.24, 2.45) is 0 Å². The fourth-order valence-corrected chi connectivity index (χ4v) is 4.05. The van der Waals surface area contributed by atoms with Crippen LogP contribution in [0.2, 0.25) is 0 Å². The number of fused-ring (bicyclic) bond motifs is 1. The van der Waals surface area contributed by atoms with E-state index in [-0.39, 0.29) is 0 Å². The van der Waals surface area contributed by atoms with Crippen molar-refractivity contribution in [1.82, 2.24) is 4.90 Å². The summed E-state index contributed by atoms with van der Waals surface area (Å²) in [5.74, 6) is 1.21. The van der Waals surface area contributed by atoms with Gasteiger partial charge in [-0.25, -0.2) is 0 Å². The van der Waals surface area contributed by atoms with Crippen LogP contribution in [0.15, 0.2) is 0 Å². The van der Waals surface area contributed by atoms with E-state index >= 15 is 0 Å². The van der Waals surface area contributed by atoms with Gasteiger partial charge in [0.05, 0.1) is 18.8 Å². The lowest BCUT2D eigenvalue weighted by atomic mass is 9.88. The lowest BCUT2D eigenvalue weighted by molar-refractivity contribution is -0.111. The van der Waals surface area contributed by atoms with Crippen molar-refractivity contribution in [1.29, 1.82) is 0 Å². The number of rotatable bonds is 4. The molecule has 112 valence electrons. The Kier molecular flexibility index (Phi) is 5.58. The highest BCUT2D eigenvalue weighted by Crippen LogP contribution is 2.31. The molecule has 0 bridgehead atoms. The molecule has 1 saturated heterocycles. The van der Waals surface area contributed by atoms with Crippen molar-refractivity contribution in [3.05, 3.63) is 0 Å². The summed E-state index contributed by atoms with van der Waals surface area (Å²) in [6, 6.07) is 0.577. The van der Waals surface area contributed by atoms with E-state index in [4.69, 9.17) is 9.47 Å². The lowest BCUT2D eigenvalue weighted by Gasteiger charge is -2.45. The van der Waals surface area contributed by atoms with Crippen LogP contribution in [-0.4, -0.2) is 60.5 Å². The Labute approximate surface area is 122 Å². The largest absolute Gasteiger partial charge is 0.381 e. The second kappa shape index (κ2) is 6.79. The molecule has 2 rings (SSSR count). The van der Waals surface area contributed by atoms with Crippen LogP contribution >= 0.6 is 11.8 Å².